The first-order valence-electron chi connectivity index (χ1n) is 7.89. The minimum atomic E-state index is -0.587. The fourth-order valence-corrected chi connectivity index (χ4v) is 2.73. The number of para-hydroxylation sites is 1. The molecule has 0 saturated carbocycles. The number of carbonyl (C=O) groups excluding carboxylic acids is 1. The van der Waals surface area contributed by atoms with Crippen molar-refractivity contribution < 1.29 is 19.1 Å². The number of rotatable bonds is 3. The highest BCUT2D eigenvalue weighted by atomic mass is 16.5. The second kappa shape index (κ2) is 6.33. The van der Waals surface area contributed by atoms with Gasteiger partial charge in [-0.15, -0.1) is 0 Å². The standard InChI is InChI=1S/C20H13NO5/c22-14-6-7-15-13(9-19(23)26-18(15)10-14)11-25-20(24)17-8-5-12-3-1-2-4-16(12)21-17/h1-10,22H,11H2. The van der Waals surface area contributed by atoms with Crippen LogP contribution in [0.2, 0.25) is 0 Å². The molecule has 0 radical (unpaired) electrons. The van der Waals surface area contributed by atoms with E-state index in [-0.39, 0.29) is 23.6 Å². The Morgan fingerprint density at radius 3 is 2.81 bits per heavy atom. The summed E-state index contributed by atoms with van der Waals surface area (Å²) >= 11 is 0. The molecule has 0 aliphatic rings. The number of fused-ring (bicyclic) bond motifs is 2. The maximum absolute atomic E-state index is 12.3. The van der Waals surface area contributed by atoms with Gasteiger partial charge in [-0.05, 0) is 24.3 Å². The van der Waals surface area contributed by atoms with E-state index in [2.05, 4.69) is 4.98 Å². The van der Waals surface area contributed by atoms with Gasteiger partial charge in [0, 0.05) is 28.5 Å². The van der Waals surface area contributed by atoms with Crippen molar-refractivity contribution in [2.24, 2.45) is 0 Å². The van der Waals surface area contributed by atoms with Crippen LogP contribution >= 0.6 is 0 Å². The molecule has 0 aliphatic heterocycles. The van der Waals surface area contributed by atoms with Gasteiger partial charge in [0.1, 0.15) is 23.6 Å². The number of esters is 1. The first-order chi connectivity index (χ1) is 12.6. The van der Waals surface area contributed by atoms with Crippen LogP contribution in [0.4, 0.5) is 0 Å². The van der Waals surface area contributed by atoms with E-state index in [9.17, 15) is 14.7 Å². The van der Waals surface area contributed by atoms with Gasteiger partial charge in [0.2, 0.25) is 0 Å². The van der Waals surface area contributed by atoms with Gasteiger partial charge in [0.05, 0.1) is 5.52 Å². The SMILES string of the molecule is O=C(OCc1cc(=O)oc2cc(O)ccc12)c1ccc2ccccc2n1. The summed E-state index contributed by atoms with van der Waals surface area (Å²) in [6.45, 7) is -0.111. The Morgan fingerprint density at radius 2 is 1.92 bits per heavy atom. The highest BCUT2D eigenvalue weighted by Crippen LogP contribution is 2.22. The van der Waals surface area contributed by atoms with E-state index < -0.39 is 11.6 Å². The van der Waals surface area contributed by atoms with Crippen LogP contribution in [0.1, 0.15) is 16.1 Å². The summed E-state index contributed by atoms with van der Waals surface area (Å²) < 4.78 is 10.4. The van der Waals surface area contributed by atoms with E-state index in [0.29, 0.717) is 16.5 Å². The highest BCUT2D eigenvalue weighted by molar-refractivity contribution is 5.91. The summed E-state index contributed by atoms with van der Waals surface area (Å²) in [6, 6.07) is 16.5. The molecule has 1 N–H and O–H groups in total. The lowest BCUT2D eigenvalue weighted by Gasteiger charge is -2.07. The second-order valence-corrected chi connectivity index (χ2v) is 5.74. The topological polar surface area (TPSA) is 89.6 Å². The van der Waals surface area contributed by atoms with Crippen molar-refractivity contribution >= 4 is 27.8 Å². The van der Waals surface area contributed by atoms with E-state index in [1.165, 1.54) is 18.2 Å². The quantitative estimate of drug-likeness (QED) is 0.451. The number of nitrogens with zero attached hydrogens (tertiary/aromatic N) is 1. The zero-order chi connectivity index (χ0) is 18.1. The molecule has 0 fully saturated rings. The lowest BCUT2D eigenvalue weighted by molar-refractivity contribution is 0.0467. The van der Waals surface area contributed by atoms with E-state index in [1.54, 1.807) is 18.2 Å². The Morgan fingerprint density at radius 1 is 1.08 bits per heavy atom. The largest absolute Gasteiger partial charge is 0.508 e. The number of aromatic nitrogens is 1. The van der Waals surface area contributed by atoms with Gasteiger partial charge in [-0.2, -0.15) is 0 Å². The number of pyridine rings is 1. The molecule has 0 aliphatic carbocycles. The summed E-state index contributed by atoms with van der Waals surface area (Å²) in [5.41, 5.74) is 1.02. The second-order valence-electron chi connectivity index (χ2n) is 5.74. The van der Waals surface area contributed by atoms with Crippen molar-refractivity contribution in [3.8, 4) is 5.75 Å². The summed E-state index contributed by atoms with van der Waals surface area (Å²) in [5, 5.41) is 11.0. The van der Waals surface area contributed by atoms with Gasteiger partial charge in [-0.25, -0.2) is 14.6 Å². The molecule has 0 spiro atoms. The molecule has 6 nitrogen and oxygen atoms in total. The molecule has 26 heavy (non-hydrogen) atoms. The van der Waals surface area contributed by atoms with Crippen LogP contribution < -0.4 is 5.63 Å². The van der Waals surface area contributed by atoms with Crippen LogP contribution in [-0.2, 0) is 11.3 Å². The Balaban J connectivity index is 1.61. The molecule has 2 aromatic carbocycles. The number of hydrogen-bond acceptors (Lipinski definition) is 6. The molecule has 0 unspecified atom stereocenters. The fourth-order valence-electron chi connectivity index (χ4n) is 2.73. The normalized spacial score (nSPS) is 10.9. The number of phenols is 1. The minimum absolute atomic E-state index is 0.0184. The molecule has 6 heteroatoms. The zero-order valence-corrected chi connectivity index (χ0v) is 13.5. The third-order valence-corrected chi connectivity index (χ3v) is 3.98. The average Bonchev–Trinajstić information content (AvgIpc) is 2.65. The Labute approximate surface area is 147 Å². The van der Waals surface area contributed by atoms with Crippen LogP contribution in [0, 0.1) is 0 Å². The van der Waals surface area contributed by atoms with Crippen LogP contribution in [0.25, 0.3) is 21.9 Å². The van der Waals surface area contributed by atoms with Gasteiger partial charge in [-0.3, -0.25) is 0 Å². The van der Waals surface area contributed by atoms with Gasteiger partial charge >= 0.3 is 11.6 Å². The van der Waals surface area contributed by atoms with Crippen LogP contribution in [0.15, 0.2) is 69.9 Å². The van der Waals surface area contributed by atoms with Crippen molar-refractivity contribution in [1.29, 1.82) is 0 Å². The number of carbonyl (C=O) groups is 1. The first-order valence-corrected chi connectivity index (χ1v) is 7.89. The maximum Gasteiger partial charge on any atom is 0.357 e. The summed E-state index contributed by atoms with van der Waals surface area (Å²) in [4.78, 5) is 28.3. The molecule has 0 saturated heterocycles. The molecule has 0 bridgehead atoms. The van der Waals surface area contributed by atoms with E-state index in [4.69, 9.17) is 9.15 Å². The number of ether oxygens (including phenoxy) is 1. The lowest BCUT2D eigenvalue weighted by Crippen LogP contribution is -2.09. The van der Waals surface area contributed by atoms with Crippen molar-refractivity contribution in [3.05, 3.63) is 82.3 Å². The predicted octanol–water partition coefficient (Wildman–Crippen LogP) is 3.40. The highest BCUT2D eigenvalue weighted by Gasteiger charge is 2.13. The minimum Gasteiger partial charge on any atom is -0.508 e. The third kappa shape index (κ3) is 3.00. The Kier molecular flexibility index (Phi) is 3.85. The van der Waals surface area contributed by atoms with Gasteiger partial charge in [0.15, 0.2) is 0 Å². The summed E-state index contributed by atoms with van der Waals surface area (Å²) in [5.74, 6) is -0.605. The summed E-state index contributed by atoms with van der Waals surface area (Å²) in [7, 11) is 0. The molecule has 2 aromatic heterocycles. The van der Waals surface area contributed by atoms with Crippen molar-refractivity contribution in [3.63, 3.8) is 0 Å². The van der Waals surface area contributed by atoms with Crippen molar-refractivity contribution in [2.75, 3.05) is 0 Å². The van der Waals surface area contributed by atoms with Gasteiger partial charge in [-0.1, -0.05) is 24.3 Å². The van der Waals surface area contributed by atoms with Crippen molar-refractivity contribution in [2.45, 2.75) is 6.61 Å². The summed E-state index contributed by atoms with van der Waals surface area (Å²) in [6.07, 6.45) is 0. The van der Waals surface area contributed by atoms with Crippen LogP contribution in [0.3, 0.4) is 0 Å². The Hall–Kier alpha value is -3.67. The molecule has 128 valence electrons. The molecule has 4 aromatic rings. The average molecular weight is 347 g/mol. The van der Waals surface area contributed by atoms with Crippen LogP contribution in [-0.4, -0.2) is 16.1 Å². The third-order valence-electron chi connectivity index (χ3n) is 3.98. The molecule has 4 rings (SSSR count). The van der Waals surface area contributed by atoms with E-state index in [1.807, 2.05) is 24.3 Å². The van der Waals surface area contributed by atoms with Gasteiger partial charge < -0.3 is 14.3 Å². The van der Waals surface area contributed by atoms with E-state index >= 15 is 0 Å². The van der Waals surface area contributed by atoms with Crippen LogP contribution in [0.5, 0.6) is 5.75 Å². The molecular formula is C20H13NO5. The molecule has 2 heterocycles. The van der Waals surface area contributed by atoms with Crippen molar-refractivity contribution in [1.82, 2.24) is 4.98 Å². The number of aromatic hydroxyl groups is 1. The lowest BCUT2D eigenvalue weighted by atomic mass is 10.1. The molecular weight excluding hydrogens is 334 g/mol. The van der Waals surface area contributed by atoms with E-state index in [0.717, 1.165) is 5.39 Å². The van der Waals surface area contributed by atoms with Gasteiger partial charge in [0.25, 0.3) is 0 Å². The molecule has 0 amide bonds. The number of hydrogen-bond donors (Lipinski definition) is 1. The fraction of sp³-hybridized carbons (Fsp3) is 0.0500. The smallest absolute Gasteiger partial charge is 0.357 e. The maximum atomic E-state index is 12.3. The number of benzene rings is 2. The molecule has 0 atom stereocenters. The zero-order valence-electron chi connectivity index (χ0n) is 13.5. The first kappa shape index (κ1) is 15.8. The monoisotopic (exact) mass is 347 g/mol. The predicted molar refractivity (Wildman–Crippen MR) is 95.0 cm³/mol. The number of phenolic OH excluding ortho intramolecular Hbond substituents is 1. The Bertz CT molecular complexity index is 1200.